The Kier molecular flexibility index (Phi) is 4.25. The van der Waals surface area contributed by atoms with Crippen LogP contribution in [0.3, 0.4) is 0 Å². The minimum Gasteiger partial charge on any atom is -0.395 e. The highest BCUT2D eigenvalue weighted by molar-refractivity contribution is 5.08. The van der Waals surface area contributed by atoms with Gasteiger partial charge in [0.2, 0.25) is 0 Å². The first-order valence-corrected chi connectivity index (χ1v) is 6.58. The number of rotatable bonds is 4. The van der Waals surface area contributed by atoms with Crippen LogP contribution < -0.4 is 0 Å². The first-order valence-electron chi connectivity index (χ1n) is 6.58. The van der Waals surface area contributed by atoms with Crippen molar-refractivity contribution in [3.8, 4) is 0 Å². The maximum absolute atomic E-state index is 10.1. The normalized spacial score (nSPS) is 44.0. The van der Waals surface area contributed by atoms with Crippen LogP contribution in [0.4, 0.5) is 0 Å². The molecule has 0 bridgehead atoms. The van der Waals surface area contributed by atoms with Crippen LogP contribution in [0.15, 0.2) is 0 Å². The second kappa shape index (κ2) is 5.40. The van der Waals surface area contributed by atoms with Crippen molar-refractivity contribution in [2.24, 2.45) is 0 Å². The fourth-order valence-corrected chi connectivity index (χ4v) is 3.46. The monoisotopic (exact) mass is 261 g/mol. The van der Waals surface area contributed by atoms with Crippen LogP contribution >= 0.6 is 0 Å². The zero-order valence-corrected chi connectivity index (χ0v) is 10.6. The molecule has 0 aliphatic carbocycles. The van der Waals surface area contributed by atoms with Crippen LogP contribution in [0, 0.1) is 0 Å². The molecule has 2 rings (SSSR count). The van der Waals surface area contributed by atoms with E-state index in [2.05, 4.69) is 0 Å². The first-order chi connectivity index (χ1) is 8.47. The number of nitrogens with zero attached hydrogens (tertiary/aromatic N) is 1. The molecule has 0 amide bonds. The maximum Gasteiger partial charge on any atom is 0.0991 e. The Morgan fingerprint density at radius 2 is 1.83 bits per heavy atom. The van der Waals surface area contributed by atoms with Gasteiger partial charge in [-0.05, 0) is 19.8 Å². The molecule has 2 aliphatic heterocycles. The molecule has 7 atom stereocenters. The largest absolute Gasteiger partial charge is 0.395 e. The summed E-state index contributed by atoms with van der Waals surface area (Å²) in [5, 5.41) is 48.5. The van der Waals surface area contributed by atoms with E-state index in [4.69, 9.17) is 0 Å². The summed E-state index contributed by atoms with van der Waals surface area (Å²) in [6, 6.07) is -0.944. The third-order valence-corrected chi connectivity index (χ3v) is 4.26. The van der Waals surface area contributed by atoms with Crippen LogP contribution in [-0.2, 0) is 0 Å². The third kappa shape index (κ3) is 2.29. The van der Waals surface area contributed by atoms with Gasteiger partial charge in [0.15, 0.2) is 0 Å². The van der Waals surface area contributed by atoms with E-state index in [1.807, 2.05) is 4.90 Å². The van der Waals surface area contributed by atoms with Crippen molar-refractivity contribution in [2.45, 2.75) is 68.7 Å². The Bertz CT molecular complexity index is 286. The van der Waals surface area contributed by atoms with Gasteiger partial charge in [0.05, 0.1) is 37.1 Å². The highest BCUT2D eigenvalue weighted by Crippen LogP contribution is 2.38. The van der Waals surface area contributed by atoms with Crippen molar-refractivity contribution < 1.29 is 25.5 Å². The van der Waals surface area contributed by atoms with E-state index in [-0.39, 0.29) is 25.1 Å². The van der Waals surface area contributed by atoms with E-state index >= 15 is 0 Å². The molecular weight excluding hydrogens is 238 g/mol. The van der Waals surface area contributed by atoms with E-state index in [1.165, 1.54) is 0 Å². The fraction of sp³-hybridized carbons (Fsp3) is 1.00. The molecule has 6 heteroatoms. The lowest BCUT2D eigenvalue weighted by Crippen LogP contribution is -2.48. The zero-order valence-electron chi connectivity index (χ0n) is 10.6. The van der Waals surface area contributed by atoms with Crippen molar-refractivity contribution in [3.05, 3.63) is 0 Å². The van der Waals surface area contributed by atoms with E-state index in [0.717, 1.165) is 0 Å². The molecule has 0 aromatic carbocycles. The van der Waals surface area contributed by atoms with Gasteiger partial charge < -0.3 is 25.5 Å². The average molecular weight is 261 g/mol. The minimum absolute atomic E-state index is 0.203. The van der Waals surface area contributed by atoms with Gasteiger partial charge in [-0.15, -0.1) is 0 Å². The Labute approximate surface area is 106 Å². The number of aliphatic hydroxyl groups excluding tert-OH is 5. The van der Waals surface area contributed by atoms with Crippen LogP contribution in [0.2, 0.25) is 0 Å². The van der Waals surface area contributed by atoms with Crippen molar-refractivity contribution >= 4 is 0 Å². The highest BCUT2D eigenvalue weighted by atomic mass is 16.3. The van der Waals surface area contributed by atoms with Crippen molar-refractivity contribution in [2.75, 3.05) is 6.61 Å². The number of hydrogen-bond acceptors (Lipinski definition) is 6. The summed E-state index contributed by atoms with van der Waals surface area (Å²) in [4.78, 5) is 1.84. The third-order valence-electron chi connectivity index (χ3n) is 4.26. The molecule has 2 fully saturated rings. The lowest BCUT2D eigenvalue weighted by atomic mass is 9.99. The van der Waals surface area contributed by atoms with Gasteiger partial charge in [-0.25, -0.2) is 0 Å². The van der Waals surface area contributed by atoms with Crippen LogP contribution in [-0.4, -0.2) is 79.6 Å². The molecule has 0 spiro atoms. The van der Waals surface area contributed by atoms with Gasteiger partial charge >= 0.3 is 0 Å². The summed E-state index contributed by atoms with van der Waals surface area (Å²) in [5.41, 5.74) is 0. The van der Waals surface area contributed by atoms with Gasteiger partial charge in [-0.3, -0.25) is 4.90 Å². The summed E-state index contributed by atoms with van der Waals surface area (Å²) < 4.78 is 0. The summed E-state index contributed by atoms with van der Waals surface area (Å²) in [5.74, 6) is 0. The summed E-state index contributed by atoms with van der Waals surface area (Å²) >= 11 is 0. The Balaban J connectivity index is 2.11. The van der Waals surface area contributed by atoms with E-state index in [1.54, 1.807) is 6.92 Å². The van der Waals surface area contributed by atoms with Gasteiger partial charge in [0.1, 0.15) is 0 Å². The highest BCUT2D eigenvalue weighted by Gasteiger charge is 2.54. The van der Waals surface area contributed by atoms with Crippen molar-refractivity contribution in [3.63, 3.8) is 0 Å². The molecule has 6 nitrogen and oxygen atoms in total. The molecule has 2 aliphatic rings. The van der Waals surface area contributed by atoms with Crippen LogP contribution in [0.25, 0.3) is 0 Å². The predicted molar refractivity (Wildman–Crippen MR) is 63.8 cm³/mol. The second-order valence-corrected chi connectivity index (χ2v) is 5.54. The molecule has 0 saturated carbocycles. The van der Waals surface area contributed by atoms with E-state index < -0.39 is 30.5 Å². The smallest absolute Gasteiger partial charge is 0.0991 e. The molecule has 18 heavy (non-hydrogen) atoms. The Morgan fingerprint density at radius 1 is 1.17 bits per heavy atom. The lowest BCUT2D eigenvalue weighted by molar-refractivity contribution is -0.0118. The van der Waals surface area contributed by atoms with Crippen LogP contribution in [0.5, 0.6) is 0 Å². The SMILES string of the molecule is CC(O)CC(O)[C@@H]1CC[C@@H]2[C@H](O)[C@H](O)[C@@H](CO)N21. The molecule has 2 heterocycles. The topological polar surface area (TPSA) is 104 Å². The van der Waals surface area contributed by atoms with Crippen molar-refractivity contribution in [1.29, 1.82) is 0 Å². The van der Waals surface area contributed by atoms with Gasteiger partial charge in [-0.2, -0.15) is 0 Å². The summed E-state index contributed by atoms with van der Waals surface area (Å²) in [6.07, 6.45) is -1.48. The molecule has 5 N–H and O–H groups in total. The van der Waals surface area contributed by atoms with Gasteiger partial charge in [-0.1, -0.05) is 0 Å². The number of fused-ring (bicyclic) bond motifs is 1. The Hall–Kier alpha value is -0.240. The lowest BCUT2D eigenvalue weighted by Gasteiger charge is -2.33. The van der Waals surface area contributed by atoms with Gasteiger partial charge in [0, 0.05) is 18.5 Å². The molecule has 0 aromatic heterocycles. The zero-order chi connectivity index (χ0) is 13.4. The second-order valence-electron chi connectivity index (χ2n) is 5.54. The summed E-state index contributed by atoms with van der Waals surface area (Å²) in [6.45, 7) is 1.37. The fourth-order valence-electron chi connectivity index (χ4n) is 3.46. The minimum atomic E-state index is -0.971. The number of aliphatic hydroxyl groups is 5. The first kappa shape index (κ1) is 14.2. The Morgan fingerprint density at radius 3 is 2.39 bits per heavy atom. The molecule has 2 unspecified atom stereocenters. The molecule has 0 aromatic rings. The molecule has 2 saturated heterocycles. The molecular formula is C12H23NO5. The van der Waals surface area contributed by atoms with Crippen molar-refractivity contribution in [1.82, 2.24) is 4.90 Å². The van der Waals surface area contributed by atoms with E-state index in [9.17, 15) is 25.5 Å². The summed E-state index contributed by atoms with van der Waals surface area (Å²) in [7, 11) is 0. The molecule has 0 radical (unpaired) electrons. The standard InChI is InChI=1S/C12H23NO5/c1-6(15)4-10(16)7-2-3-8-11(17)12(18)9(5-14)13(7)8/h6-12,14-18H,2-5H2,1H3/t6?,7-,8+,9+,10?,11-,12+/m0/s1. The maximum atomic E-state index is 10.1. The van der Waals surface area contributed by atoms with Crippen LogP contribution in [0.1, 0.15) is 26.2 Å². The quantitative estimate of drug-likeness (QED) is 0.403. The van der Waals surface area contributed by atoms with E-state index in [0.29, 0.717) is 12.8 Å². The molecule has 106 valence electrons. The average Bonchev–Trinajstić information content (AvgIpc) is 2.80. The predicted octanol–water partition coefficient (Wildman–Crippen LogP) is -1.95. The number of hydrogen-bond donors (Lipinski definition) is 5. The van der Waals surface area contributed by atoms with Gasteiger partial charge in [0.25, 0.3) is 0 Å².